The van der Waals surface area contributed by atoms with Crippen LogP contribution >= 0.6 is 0 Å². The fraction of sp³-hybridized carbons (Fsp3) is 0.250. The molecule has 3 aromatic rings. The van der Waals surface area contributed by atoms with Gasteiger partial charge in [0.05, 0.1) is 25.0 Å². The van der Waals surface area contributed by atoms with Crippen LogP contribution in [0.2, 0.25) is 0 Å². The number of ether oxygens (including phenoxy) is 2. The van der Waals surface area contributed by atoms with E-state index in [4.69, 9.17) is 9.47 Å². The lowest BCUT2D eigenvalue weighted by molar-refractivity contribution is 0.0950. The molecule has 0 unspecified atom stereocenters. The fourth-order valence-corrected chi connectivity index (χ4v) is 3.06. The van der Waals surface area contributed by atoms with Gasteiger partial charge in [0.1, 0.15) is 11.8 Å². The normalized spacial score (nSPS) is 15.8. The molecule has 27 heavy (non-hydrogen) atoms. The summed E-state index contributed by atoms with van der Waals surface area (Å²) in [7, 11) is 0. The number of nitrogens with zero attached hydrogens (tertiary/aromatic N) is 4. The van der Waals surface area contributed by atoms with E-state index in [1.54, 1.807) is 28.0 Å². The second-order valence-electron chi connectivity index (χ2n) is 6.23. The Morgan fingerprint density at radius 1 is 1.26 bits per heavy atom. The van der Waals surface area contributed by atoms with Crippen molar-refractivity contribution < 1.29 is 14.3 Å². The third-order valence-corrected chi connectivity index (χ3v) is 4.24. The number of fused-ring (bicyclic) bond motifs is 1. The first-order valence-electron chi connectivity index (χ1n) is 8.88. The van der Waals surface area contributed by atoms with Crippen LogP contribution in [0.5, 0.6) is 11.6 Å². The quantitative estimate of drug-likeness (QED) is 0.711. The second-order valence-corrected chi connectivity index (χ2v) is 6.23. The van der Waals surface area contributed by atoms with E-state index in [1.807, 2.05) is 50.2 Å². The fourth-order valence-electron chi connectivity index (χ4n) is 3.06. The number of carbonyl (C=O) groups is 1. The van der Waals surface area contributed by atoms with Gasteiger partial charge >= 0.3 is 0 Å². The van der Waals surface area contributed by atoms with Crippen LogP contribution in [0.15, 0.2) is 54.9 Å². The number of benzene rings is 1. The largest absolute Gasteiger partial charge is 0.490 e. The summed E-state index contributed by atoms with van der Waals surface area (Å²) in [6, 6.07) is 13.2. The minimum Gasteiger partial charge on any atom is -0.490 e. The summed E-state index contributed by atoms with van der Waals surface area (Å²) in [5, 5.41) is 4.51. The molecule has 1 atom stereocenters. The first kappa shape index (κ1) is 17.1. The van der Waals surface area contributed by atoms with Gasteiger partial charge in [0.15, 0.2) is 11.4 Å². The average molecular weight is 364 g/mol. The maximum Gasteiger partial charge on any atom is 0.282 e. The SMILES string of the molecule is CCOc1cn(-c2ccccc2)nc1C(=O)N1C[C@@H](C)Oc2ncccc21. The minimum absolute atomic E-state index is 0.164. The van der Waals surface area contributed by atoms with Crippen molar-refractivity contribution in [1.29, 1.82) is 0 Å². The zero-order valence-electron chi connectivity index (χ0n) is 15.2. The Labute approximate surface area is 157 Å². The Hall–Kier alpha value is -3.35. The van der Waals surface area contributed by atoms with Crippen molar-refractivity contribution in [2.45, 2.75) is 20.0 Å². The van der Waals surface area contributed by atoms with E-state index in [-0.39, 0.29) is 17.7 Å². The third-order valence-electron chi connectivity index (χ3n) is 4.24. The summed E-state index contributed by atoms with van der Waals surface area (Å²) >= 11 is 0. The highest BCUT2D eigenvalue weighted by Crippen LogP contribution is 2.33. The summed E-state index contributed by atoms with van der Waals surface area (Å²) < 4.78 is 13.1. The van der Waals surface area contributed by atoms with Crippen LogP contribution in [-0.4, -0.2) is 39.9 Å². The maximum atomic E-state index is 13.3. The van der Waals surface area contributed by atoms with E-state index in [0.717, 1.165) is 5.69 Å². The molecule has 7 heteroatoms. The van der Waals surface area contributed by atoms with Crippen LogP contribution < -0.4 is 14.4 Å². The molecule has 0 aliphatic carbocycles. The molecule has 0 radical (unpaired) electrons. The Morgan fingerprint density at radius 2 is 2.07 bits per heavy atom. The molecule has 2 aromatic heterocycles. The van der Waals surface area contributed by atoms with Crippen molar-refractivity contribution >= 4 is 11.6 Å². The maximum absolute atomic E-state index is 13.3. The minimum atomic E-state index is -0.238. The summed E-state index contributed by atoms with van der Waals surface area (Å²) in [4.78, 5) is 19.2. The van der Waals surface area contributed by atoms with Crippen LogP contribution in [0.3, 0.4) is 0 Å². The molecule has 138 valence electrons. The number of carbonyl (C=O) groups excluding carboxylic acids is 1. The van der Waals surface area contributed by atoms with Gasteiger partial charge in [-0.25, -0.2) is 9.67 Å². The lowest BCUT2D eigenvalue weighted by Crippen LogP contribution is -2.43. The average Bonchev–Trinajstić information content (AvgIpc) is 3.11. The number of hydrogen-bond acceptors (Lipinski definition) is 5. The van der Waals surface area contributed by atoms with Crippen molar-refractivity contribution in [3.8, 4) is 17.3 Å². The van der Waals surface area contributed by atoms with Gasteiger partial charge in [-0.15, -0.1) is 0 Å². The highest BCUT2D eigenvalue weighted by molar-refractivity contribution is 6.07. The Morgan fingerprint density at radius 3 is 2.85 bits per heavy atom. The van der Waals surface area contributed by atoms with E-state index < -0.39 is 0 Å². The zero-order chi connectivity index (χ0) is 18.8. The molecular formula is C20H20N4O3. The summed E-state index contributed by atoms with van der Waals surface area (Å²) in [5.74, 6) is 0.665. The number of hydrogen-bond donors (Lipinski definition) is 0. The highest BCUT2D eigenvalue weighted by Gasteiger charge is 2.32. The van der Waals surface area contributed by atoms with Crippen molar-refractivity contribution in [3.05, 3.63) is 60.6 Å². The number of para-hydroxylation sites is 1. The molecule has 1 aliphatic heterocycles. The number of aromatic nitrogens is 3. The number of amides is 1. The monoisotopic (exact) mass is 364 g/mol. The lowest BCUT2D eigenvalue weighted by atomic mass is 10.2. The van der Waals surface area contributed by atoms with Crippen LogP contribution in [0, 0.1) is 0 Å². The molecule has 0 N–H and O–H groups in total. The van der Waals surface area contributed by atoms with E-state index in [1.165, 1.54) is 0 Å². The topological polar surface area (TPSA) is 69.5 Å². The number of pyridine rings is 1. The summed E-state index contributed by atoms with van der Waals surface area (Å²) in [6.07, 6.45) is 3.22. The van der Waals surface area contributed by atoms with Gasteiger partial charge in [-0.3, -0.25) is 9.69 Å². The summed E-state index contributed by atoms with van der Waals surface area (Å²) in [6.45, 7) is 4.65. The van der Waals surface area contributed by atoms with Gasteiger partial charge < -0.3 is 9.47 Å². The van der Waals surface area contributed by atoms with Crippen molar-refractivity contribution in [3.63, 3.8) is 0 Å². The molecule has 0 saturated heterocycles. The van der Waals surface area contributed by atoms with Gasteiger partial charge in [-0.05, 0) is 38.1 Å². The number of rotatable bonds is 4. The standard InChI is InChI=1S/C20H20N4O3/c1-3-26-17-13-24(15-8-5-4-6-9-15)22-18(17)20(25)23-12-14(2)27-19-16(23)10-7-11-21-19/h4-11,13-14H,3,12H2,1-2H3/t14-/m1/s1. The highest BCUT2D eigenvalue weighted by atomic mass is 16.5. The summed E-state index contributed by atoms with van der Waals surface area (Å²) in [5.41, 5.74) is 1.76. The van der Waals surface area contributed by atoms with Gasteiger partial charge in [0, 0.05) is 6.20 Å². The van der Waals surface area contributed by atoms with E-state index in [2.05, 4.69) is 10.1 Å². The molecule has 0 spiro atoms. The predicted octanol–water partition coefficient (Wildman–Crippen LogP) is 3.09. The molecule has 3 heterocycles. The molecule has 0 saturated carbocycles. The lowest BCUT2D eigenvalue weighted by Gasteiger charge is -2.32. The van der Waals surface area contributed by atoms with Gasteiger partial charge in [0.2, 0.25) is 5.88 Å². The van der Waals surface area contributed by atoms with E-state index >= 15 is 0 Å². The van der Waals surface area contributed by atoms with E-state index in [0.29, 0.717) is 30.5 Å². The molecule has 0 fully saturated rings. The zero-order valence-corrected chi connectivity index (χ0v) is 15.2. The second kappa shape index (κ2) is 7.11. The first-order chi connectivity index (χ1) is 13.2. The van der Waals surface area contributed by atoms with Crippen molar-refractivity contribution in [2.24, 2.45) is 0 Å². The molecule has 4 rings (SSSR count). The Balaban J connectivity index is 1.74. The molecule has 1 aromatic carbocycles. The molecular weight excluding hydrogens is 344 g/mol. The van der Waals surface area contributed by atoms with Crippen LogP contribution in [0.25, 0.3) is 5.69 Å². The van der Waals surface area contributed by atoms with Gasteiger partial charge in [0.25, 0.3) is 5.91 Å². The van der Waals surface area contributed by atoms with Crippen LogP contribution in [-0.2, 0) is 0 Å². The first-order valence-corrected chi connectivity index (χ1v) is 8.88. The van der Waals surface area contributed by atoms with Crippen LogP contribution in [0.4, 0.5) is 5.69 Å². The van der Waals surface area contributed by atoms with Crippen LogP contribution in [0.1, 0.15) is 24.3 Å². The Bertz CT molecular complexity index is 955. The van der Waals surface area contributed by atoms with E-state index in [9.17, 15) is 4.79 Å². The van der Waals surface area contributed by atoms with Crippen molar-refractivity contribution in [2.75, 3.05) is 18.1 Å². The predicted molar refractivity (Wildman–Crippen MR) is 101 cm³/mol. The molecule has 1 amide bonds. The third kappa shape index (κ3) is 3.23. The smallest absolute Gasteiger partial charge is 0.282 e. The molecule has 1 aliphatic rings. The van der Waals surface area contributed by atoms with Crippen molar-refractivity contribution in [1.82, 2.24) is 14.8 Å². The van der Waals surface area contributed by atoms with Gasteiger partial charge in [-0.1, -0.05) is 18.2 Å². The Kier molecular flexibility index (Phi) is 4.50. The van der Waals surface area contributed by atoms with Gasteiger partial charge in [-0.2, -0.15) is 5.10 Å². The molecule has 7 nitrogen and oxygen atoms in total. The number of anilines is 1. The molecule has 0 bridgehead atoms.